The lowest BCUT2D eigenvalue weighted by Gasteiger charge is -2.34. The standard InChI is InChI=1S/C12H22N2O5/c15-7-6-14(9-4-2-1-3-5-9)12(19)13-10(8-16)11(17)18/h9-10,15-16H,1-8H2,(H,13,19)(H,17,18)/t10-/m1/s1. The highest BCUT2D eigenvalue weighted by Gasteiger charge is 2.28. The van der Waals surface area contributed by atoms with Crippen molar-refractivity contribution in [3.05, 3.63) is 0 Å². The molecule has 0 aromatic carbocycles. The van der Waals surface area contributed by atoms with E-state index >= 15 is 0 Å². The van der Waals surface area contributed by atoms with E-state index in [4.69, 9.17) is 15.3 Å². The summed E-state index contributed by atoms with van der Waals surface area (Å²) in [7, 11) is 0. The molecule has 0 aromatic heterocycles. The molecule has 0 radical (unpaired) electrons. The Morgan fingerprint density at radius 3 is 2.32 bits per heavy atom. The Bertz CT molecular complexity index is 304. The van der Waals surface area contributed by atoms with Gasteiger partial charge in [-0.2, -0.15) is 0 Å². The van der Waals surface area contributed by atoms with Gasteiger partial charge in [-0.1, -0.05) is 19.3 Å². The number of carbonyl (C=O) groups excluding carboxylic acids is 1. The van der Waals surface area contributed by atoms with Crippen LogP contribution in [-0.2, 0) is 4.79 Å². The van der Waals surface area contributed by atoms with Gasteiger partial charge in [-0.3, -0.25) is 0 Å². The van der Waals surface area contributed by atoms with E-state index in [0.717, 1.165) is 32.1 Å². The molecule has 1 saturated carbocycles. The van der Waals surface area contributed by atoms with Crippen LogP contribution < -0.4 is 5.32 Å². The van der Waals surface area contributed by atoms with Crippen LogP contribution in [0.15, 0.2) is 0 Å². The predicted molar refractivity (Wildman–Crippen MR) is 67.7 cm³/mol. The lowest BCUT2D eigenvalue weighted by Crippen LogP contribution is -2.53. The van der Waals surface area contributed by atoms with E-state index in [1.54, 1.807) is 0 Å². The zero-order valence-corrected chi connectivity index (χ0v) is 10.9. The van der Waals surface area contributed by atoms with Gasteiger partial charge in [-0.15, -0.1) is 0 Å². The number of nitrogens with one attached hydrogen (secondary N) is 1. The summed E-state index contributed by atoms with van der Waals surface area (Å²) in [5, 5.41) is 29.0. The van der Waals surface area contributed by atoms with Gasteiger partial charge in [0.2, 0.25) is 0 Å². The molecule has 0 aromatic rings. The Kier molecular flexibility index (Phi) is 6.58. The maximum absolute atomic E-state index is 12.0. The minimum atomic E-state index is -1.31. The highest BCUT2D eigenvalue weighted by Crippen LogP contribution is 2.22. The third kappa shape index (κ3) is 4.68. The van der Waals surface area contributed by atoms with Crippen molar-refractivity contribution in [3.8, 4) is 0 Å². The van der Waals surface area contributed by atoms with Crippen LogP contribution in [0, 0.1) is 0 Å². The third-order valence-corrected chi connectivity index (χ3v) is 3.40. The molecule has 0 bridgehead atoms. The van der Waals surface area contributed by atoms with Gasteiger partial charge in [0.05, 0.1) is 13.2 Å². The Balaban J connectivity index is 2.63. The maximum atomic E-state index is 12.0. The van der Waals surface area contributed by atoms with E-state index < -0.39 is 24.6 Å². The van der Waals surface area contributed by atoms with E-state index in [9.17, 15) is 9.59 Å². The van der Waals surface area contributed by atoms with Crippen molar-refractivity contribution in [2.24, 2.45) is 0 Å². The number of rotatable bonds is 6. The number of hydrogen-bond acceptors (Lipinski definition) is 4. The number of hydrogen-bond donors (Lipinski definition) is 4. The molecule has 7 nitrogen and oxygen atoms in total. The van der Waals surface area contributed by atoms with Gasteiger partial charge in [0.25, 0.3) is 0 Å². The smallest absolute Gasteiger partial charge is 0.328 e. The summed E-state index contributed by atoms with van der Waals surface area (Å²) in [5.41, 5.74) is 0. The summed E-state index contributed by atoms with van der Waals surface area (Å²) >= 11 is 0. The molecule has 0 unspecified atom stereocenters. The van der Waals surface area contributed by atoms with Crippen LogP contribution in [-0.4, -0.2) is 64.1 Å². The normalized spacial score (nSPS) is 17.8. The van der Waals surface area contributed by atoms with E-state index in [0.29, 0.717) is 0 Å². The first-order valence-electron chi connectivity index (χ1n) is 6.61. The van der Waals surface area contributed by atoms with Crippen LogP contribution in [0.4, 0.5) is 4.79 Å². The first-order chi connectivity index (χ1) is 9.10. The van der Waals surface area contributed by atoms with E-state index in [-0.39, 0.29) is 19.2 Å². The zero-order chi connectivity index (χ0) is 14.3. The quantitative estimate of drug-likeness (QED) is 0.535. The van der Waals surface area contributed by atoms with Gasteiger partial charge in [0.1, 0.15) is 0 Å². The van der Waals surface area contributed by atoms with Gasteiger partial charge in [-0.25, -0.2) is 9.59 Å². The van der Waals surface area contributed by atoms with Crippen molar-refractivity contribution in [1.82, 2.24) is 10.2 Å². The number of aliphatic carboxylic acids is 1. The van der Waals surface area contributed by atoms with Gasteiger partial charge in [0, 0.05) is 12.6 Å². The minimum absolute atomic E-state index is 0.0361. The second kappa shape index (κ2) is 7.96. The molecule has 110 valence electrons. The molecule has 1 rings (SSSR count). The second-order valence-electron chi connectivity index (χ2n) is 4.73. The summed E-state index contributed by atoms with van der Waals surface area (Å²) in [6.45, 7) is -0.645. The molecular formula is C12H22N2O5. The monoisotopic (exact) mass is 274 g/mol. The molecule has 2 amide bonds. The number of nitrogens with zero attached hydrogens (tertiary/aromatic N) is 1. The summed E-state index contributed by atoms with van der Waals surface area (Å²) in [6.07, 6.45) is 4.93. The van der Waals surface area contributed by atoms with Gasteiger partial charge in [-0.05, 0) is 12.8 Å². The fourth-order valence-corrected chi connectivity index (χ4v) is 2.37. The molecular weight excluding hydrogens is 252 g/mol. The van der Waals surface area contributed by atoms with Crippen LogP contribution in [0.3, 0.4) is 0 Å². The van der Waals surface area contributed by atoms with E-state index in [1.807, 2.05) is 0 Å². The van der Waals surface area contributed by atoms with Crippen LogP contribution in [0.2, 0.25) is 0 Å². The number of aliphatic hydroxyl groups is 2. The lowest BCUT2D eigenvalue weighted by molar-refractivity contribution is -0.140. The average molecular weight is 274 g/mol. The van der Waals surface area contributed by atoms with E-state index in [2.05, 4.69) is 5.32 Å². The second-order valence-corrected chi connectivity index (χ2v) is 4.73. The molecule has 0 spiro atoms. The Labute approximate surface area is 112 Å². The molecule has 1 aliphatic carbocycles. The number of carbonyl (C=O) groups is 2. The van der Waals surface area contributed by atoms with Crippen LogP contribution in [0.25, 0.3) is 0 Å². The van der Waals surface area contributed by atoms with Crippen molar-refractivity contribution < 1.29 is 24.9 Å². The summed E-state index contributed by atoms with van der Waals surface area (Å²) in [4.78, 5) is 24.3. The Hall–Kier alpha value is -1.34. The fourth-order valence-electron chi connectivity index (χ4n) is 2.37. The van der Waals surface area contributed by atoms with Crippen molar-refractivity contribution in [2.45, 2.75) is 44.2 Å². The summed E-state index contributed by atoms with van der Waals surface area (Å²) < 4.78 is 0. The van der Waals surface area contributed by atoms with E-state index in [1.165, 1.54) is 4.90 Å². The first-order valence-corrected chi connectivity index (χ1v) is 6.61. The van der Waals surface area contributed by atoms with Crippen molar-refractivity contribution in [2.75, 3.05) is 19.8 Å². The third-order valence-electron chi connectivity index (χ3n) is 3.40. The Morgan fingerprint density at radius 1 is 1.21 bits per heavy atom. The topological polar surface area (TPSA) is 110 Å². The molecule has 19 heavy (non-hydrogen) atoms. The average Bonchev–Trinajstić information content (AvgIpc) is 2.42. The van der Waals surface area contributed by atoms with Crippen molar-refractivity contribution >= 4 is 12.0 Å². The van der Waals surface area contributed by atoms with Gasteiger partial charge < -0.3 is 25.5 Å². The molecule has 0 aliphatic heterocycles. The first kappa shape index (κ1) is 15.7. The number of amides is 2. The molecule has 1 atom stereocenters. The number of carboxylic acids is 1. The fraction of sp³-hybridized carbons (Fsp3) is 0.833. The van der Waals surface area contributed by atoms with Crippen molar-refractivity contribution in [1.29, 1.82) is 0 Å². The van der Waals surface area contributed by atoms with Crippen LogP contribution in [0.1, 0.15) is 32.1 Å². The van der Waals surface area contributed by atoms with Crippen LogP contribution in [0.5, 0.6) is 0 Å². The number of urea groups is 1. The zero-order valence-electron chi connectivity index (χ0n) is 10.9. The molecule has 0 saturated heterocycles. The highest BCUT2D eigenvalue weighted by atomic mass is 16.4. The maximum Gasteiger partial charge on any atom is 0.328 e. The molecule has 4 N–H and O–H groups in total. The highest BCUT2D eigenvalue weighted by molar-refractivity contribution is 5.82. The summed E-state index contributed by atoms with van der Waals surface area (Å²) in [6, 6.07) is -1.81. The largest absolute Gasteiger partial charge is 0.480 e. The number of aliphatic hydroxyl groups excluding tert-OH is 2. The SMILES string of the molecule is O=C(O)[C@@H](CO)NC(=O)N(CCO)C1CCCCC1. The molecule has 0 heterocycles. The van der Waals surface area contributed by atoms with Gasteiger partial charge in [0.15, 0.2) is 6.04 Å². The number of carboxylic acid groups (broad SMARTS) is 1. The molecule has 1 fully saturated rings. The minimum Gasteiger partial charge on any atom is -0.480 e. The van der Waals surface area contributed by atoms with Gasteiger partial charge >= 0.3 is 12.0 Å². The predicted octanol–water partition coefficient (Wildman–Crippen LogP) is -0.231. The molecule has 7 heteroatoms. The molecule has 1 aliphatic rings. The Morgan fingerprint density at radius 2 is 1.84 bits per heavy atom. The summed E-state index contributed by atoms with van der Waals surface area (Å²) in [5.74, 6) is -1.27. The van der Waals surface area contributed by atoms with Crippen molar-refractivity contribution in [3.63, 3.8) is 0 Å². The van der Waals surface area contributed by atoms with Crippen LogP contribution >= 0.6 is 0 Å². The lowest BCUT2D eigenvalue weighted by atomic mass is 9.94.